The third-order valence-electron chi connectivity index (χ3n) is 3.72. The Kier molecular flexibility index (Phi) is 6.83. The van der Waals surface area contributed by atoms with Crippen LogP contribution in [-0.4, -0.2) is 24.9 Å². The van der Waals surface area contributed by atoms with Gasteiger partial charge in [0.15, 0.2) is 0 Å². The Labute approximate surface area is 129 Å². The number of hydrogen-bond acceptors (Lipinski definition) is 3. The minimum absolute atomic E-state index is 0.315. The summed E-state index contributed by atoms with van der Waals surface area (Å²) in [5.41, 5.74) is 1.28. The molecule has 2 rings (SSSR count). The molecule has 112 valence electrons. The summed E-state index contributed by atoms with van der Waals surface area (Å²) in [7, 11) is 0. The third kappa shape index (κ3) is 4.76. The van der Waals surface area contributed by atoms with Crippen molar-refractivity contribution in [3.8, 4) is 5.75 Å². The molecule has 4 heteroatoms. The SMILES string of the molecule is OCCCCCCNC1CCCOc2cc(Br)ccc21. The molecule has 1 atom stereocenters. The fourth-order valence-electron chi connectivity index (χ4n) is 2.62. The van der Waals surface area contributed by atoms with Crippen LogP contribution in [0.3, 0.4) is 0 Å². The number of halogens is 1. The highest BCUT2D eigenvalue weighted by atomic mass is 79.9. The van der Waals surface area contributed by atoms with Crippen LogP contribution in [0.15, 0.2) is 22.7 Å². The molecule has 0 saturated heterocycles. The molecule has 0 aliphatic carbocycles. The Bertz CT molecular complexity index is 411. The van der Waals surface area contributed by atoms with Gasteiger partial charge in [0.2, 0.25) is 0 Å². The van der Waals surface area contributed by atoms with Crippen molar-refractivity contribution >= 4 is 15.9 Å². The van der Waals surface area contributed by atoms with E-state index in [-0.39, 0.29) is 0 Å². The molecule has 2 N–H and O–H groups in total. The van der Waals surface area contributed by atoms with E-state index in [9.17, 15) is 0 Å². The molecule has 0 saturated carbocycles. The standard InChI is InChI=1S/C16H24BrNO2/c17-13-7-8-14-15(6-5-11-20-16(14)12-13)18-9-3-1-2-4-10-19/h7-8,12,15,18-19H,1-6,9-11H2. The molecule has 1 aromatic rings. The number of aliphatic hydroxyl groups is 1. The Hall–Kier alpha value is -0.580. The van der Waals surface area contributed by atoms with E-state index in [1.54, 1.807) is 0 Å². The van der Waals surface area contributed by atoms with Crippen molar-refractivity contribution in [3.63, 3.8) is 0 Å². The second kappa shape index (κ2) is 8.65. The van der Waals surface area contributed by atoms with Gasteiger partial charge in [0.25, 0.3) is 0 Å². The van der Waals surface area contributed by atoms with E-state index < -0.39 is 0 Å². The van der Waals surface area contributed by atoms with Gasteiger partial charge in [0.1, 0.15) is 5.75 Å². The molecule has 0 fully saturated rings. The van der Waals surface area contributed by atoms with Crippen LogP contribution in [0.25, 0.3) is 0 Å². The fourth-order valence-corrected chi connectivity index (χ4v) is 2.96. The first-order valence-electron chi connectivity index (χ1n) is 7.58. The second-order valence-electron chi connectivity index (χ2n) is 5.32. The maximum Gasteiger partial charge on any atom is 0.125 e. The summed E-state index contributed by atoms with van der Waals surface area (Å²) in [6.07, 6.45) is 6.62. The number of aliphatic hydroxyl groups excluding tert-OH is 1. The van der Waals surface area contributed by atoms with Crippen LogP contribution in [0.5, 0.6) is 5.75 Å². The molecule has 0 bridgehead atoms. The number of nitrogens with one attached hydrogen (secondary N) is 1. The summed E-state index contributed by atoms with van der Waals surface area (Å²) in [6.45, 7) is 2.15. The summed E-state index contributed by atoms with van der Waals surface area (Å²) < 4.78 is 6.89. The molecule has 1 aliphatic heterocycles. The fraction of sp³-hybridized carbons (Fsp3) is 0.625. The number of rotatable bonds is 7. The van der Waals surface area contributed by atoms with Gasteiger partial charge in [0.05, 0.1) is 6.61 Å². The first-order valence-corrected chi connectivity index (χ1v) is 8.37. The third-order valence-corrected chi connectivity index (χ3v) is 4.21. The summed E-state index contributed by atoms with van der Waals surface area (Å²) >= 11 is 3.50. The van der Waals surface area contributed by atoms with Gasteiger partial charge >= 0.3 is 0 Å². The van der Waals surface area contributed by atoms with Crippen LogP contribution in [0.2, 0.25) is 0 Å². The smallest absolute Gasteiger partial charge is 0.125 e. The summed E-state index contributed by atoms with van der Waals surface area (Å²) in [6, 6.07) is 6.72. The Morgan fingerprint density at radius 3 is 2.95 bits per heavy atom. The summed E-state index contributed by atoms with van der Waals surface area (Å²) in [5, 5.41) is 12.4. The quantitative estimate of drug-likeness (QED) is 0.741. The highest BCUT2D eigenvalue weighted by molar-refractivity contribution is 9.10. The van der Waals surface area contributed by atoms with Crippen molar-refractivity contribution in [1.29, 1.82) is 0 Å². The molecule has 0 spiro atoms. The lowest BCUT2D eigenvalue weighted by Gasteiger charge is -2.18. The molecule has 3 nitrogen and oxygen atoms in total. The van der Waals surface area contributed by atoms with Gasteiger partial charge in [-0.3, -0.25) is 0 Å². The van der Waals surface area contributed by atoms with Crippen molar-refractivity contribution in [2.75, 3.05) is 19.8 Å². The van der Waals surface area contributed by atoms with E-state index in [0.29, 0.717) is 12.6 Å². The van der Waals surface area contributed by atoms with Crippen molar-refractivity contribution < 1.29 is 9.84 Å². The lowest BCUT2D eigenvalue weighted by Crippen LogP contribution is -2.22. The highest BCUT2D eigenvalue weighted by Crippen LogP contribution is 2.33. The summed E-state index contributed by atoms with van der Waals surface area (Å²) in [5.74, 6) is 1.01. The number of unbranched alkanes of at least 4 members (excludes halogenated alkanes) is 3. The molecular weight excluding hydrogens is 318 g/mol. The highest BCUT2D eigenvalue weighted by Gasteiger charge is 2.19. The zero-order valence-electron chi connectivity index (χ0n) is 11.9. The Morgan fingerprint density at radius 2 is 2.10 bits per heavy atom. The molecule has 1 unspecified atom stereocenters. The molecule has 20 heavy (non-hydrogen) atoms. The number of benzene rings is 1. The van der Waals surface area contributed by atoms with Crippen LogP contribution in [0.1, 0.15) is 50.1 Å². The first-order chi connectivity index (χ1) is 9.81. The zero-order chi connectivity index (χ0) is 14.2. The minimum Gasteiger partial charge on any atom is -0.493 e. The van der Waals surface area contributed by atoms with Crippen LogP contribution in [0, 0.1) is 0 Å². The van der Waals surface area contributed by atoms with Gasteiger partial charge in [-0.15, -0.1) is 0 Å². The molecular formula is C16H24BrNO2. The number of ether oxygens (including phenoxy) is 1. The molecule has 1 aliphatic rings. The molecule has 1 heterocycles. The molecule has 1 aromatic carbocycles. The zero-order valence-corrected chi connectivity index (χ0v) is 13.5. The predicted octanol–water partition coefficient (Wildman–Crippen LogP) is 3.81. The first kappa shape index (κ1) is 15.8. The average Bonchev–Trinajstić information content (AvgIpc) is 2.64. The maximum atomic E-state index is 8.76. The van der Waals surface area contributed by atoms with Crippen molar-refractivity contribution in [2.24, 2.45) is 0 Å². The van der Waals surface area contributed by atoms with Crippen LogP contribution in [-0.2, 0) is 0 Å². The maximum absolute atomic E-state index is 8.76. The normalized spacial score (nSPS) is 18.2. The number of hydrogen-bond donors (Lipinski definition) is 2. The van der Waals surface area contributed by atoms with E-state index in [4.69, 9.17) is 9.84 Å². The van der Waals surface area contributed by atoms with Gasteiger partial charge in [-0.2, -0.15) is 0 Å². The van der Waals surface area contributed by atoms with Gasteiger partial charge in [-0.1, -0.05) is 34.8 Å². The van der Waals surface area contributed by atoms with Gasteiger partial charge in [0, 0.05) is 22.7 Å². The Morgan fingerprint density at radius 1 is 1.25 bits per heavy atom. The van der Waals surface area contributed by atoms with E-state index in [1.165, 1.54) is 18.4 Å². The lowest BCUT2D eigenvalue weighted by molar-refractivity contribution is 0.282. The van der Waals surface area contributed by atoms with Gasteiger partial charge in [-0.05, 0) is 44.4 Å². The van der Waals surface area contributed by atoms with E-state index in [1.807, 2.05) is 0 Å². The summed E-state index contributed by atoms with van der Waals surface area (Å²) in [4.78, 5) is 0. The second-order valence-corrected chi connectivity index (χ2v) is 6.23. The van der Waals surface area contributed by atoms with Crippen LogP contribution in [0.4, 0.5) is 0 Å². The average molecular weight is 342 g/mol. The minimum atomic E-state index is 0.315. The van der Waals surface area contributed by atoms with Gasteiger partial charge in [-0.25, -0.2) is 0 Å². The predicted molar refractivity (Wildman–Crippen MR) is 85.2 cm³/mol. The van der Waals surface area contributed by atoms with E-state index in [0.717, 1.165) is 49.1 Å². The topological polar surface area (TPSA) is 41.5 Å². The molecule has 0 radical (unpaired) electrons. The van der Waals surface area contributed by atoms with Crippen molar-refractivity contribution in [2.45, 2.75) is 44.6 Å². The Balaban J connectivity index is 1.85. The number of fused-ring (bicyclic) bond motifs is 1. The van der Waals surface area contributed by atoms with Crippen molar-refractivity contribution in [1.82, 2.24) is 5.32 Å². The van der Waals surface area contributed by atoms with Crippen LogP contribution >= 0.6 is 15.9 Å². The monoisotopic (exact) mass is 341 g/mol. The van der Waals surface area contributed by atoms with Gasteiger partial charge < -0.3 is 15.2 Å². The largest absolute Gasteiger partial charge is 0.493 e. The van der Waals surface area contributed by atoms with Crippen LogP contribution < -0.4 is 10.1 Å². The van der Waals surface area contributed by atoms with Crippen molar-refractivity contribution in [3.05, 3.63) is 28.2 Å². The molecule has 0 aromatic heterocycles. The van der Waals surface area contributed by atoms with E-state index >= 15 is 0 Å². The molecule has 0 amide bonds. The van der Waals surface area contributed by atoms with E-state index in [2.05, 4.69) is 39.4 Å². The lowest BCUT2D eigenvalue weighted by atomic mass is 10.0.